The highest BCUT2D eigenvalue weighted by Crippen LogP contribution is 2.24. The van der Waals surface area contributed by atoms with E-state index in [-0.39, 0.29) is 5.91 Å². The van der Waals surface area contributed by atoms with Crippen molar-refractivity contribution in [1.29, 1.82) is 0 Å². The molecule has 2 unspecified atom stereocenters. The SMILES string of the molecule is O=C(Cc1ccc(Cl)cc1)N1CCCC(N2CCC(Nc3nccc(N4CCCCCC4)n3)C2)C1. The second kappa shape index (κ2) is 11.6. The molecule has 1 N–H and O–H groups in total. The maximum Gasteiger partial charge on any atom is 0.227 e. The number of aromatic nitrogens is 2. The van der Waals surface area contributed by atoms with Crippen molar-refractivity contribution in [2.75, 3.05) is 49.5 Å². The van der Waals surface area contributed by atoms with Crippen molar-refractivity contribution >= 4 is 29.3 Å². The molecule has 0 aliphatic carbocycles. The molecule has 0 spiro atoms. The molecular formula is C27H37ClN6O. The number of nitrogens with one attached hydrogen (secondary N) is 1. The van der Waals surface area contributed by atoms with Crippen LogP contribution in [-0.4, -0.2) is 77.0 Å². The van der Waals surface area contributed by atoms with Crippen LogP contribution in [0.4, 0.5) is 11.8 Å². The number of amides is 1. The minimum atomic E-state index is 0.213. The Morgan fingerprint density at radius 3 is 2.54 bits per heavy atom. The molecule has 1 aromatic heterocycles. The first-order valence-corrected chi connectivity index (χ1v) is 13.6. The highest BCUT2D eigenvalue weighted by Gasteiger charge is 2.33. The number of hydrogen-bond donors (Lipinski definition) is 1. The standard InChI is InChI=1S/C27H37ClN6O/c28-22-9-7-21(8-10-22)18-26(35)34-16-5-6-24(20-34)33-17-12-23(19-33)30-27-29-13-11-25(31-27)32-14-3-1-2-4-15-32/h7-11,13,23-24H,1-6,12,14-20H2,(H,29,30,31). The number of anilines is 2. The molecule has 35 heavy (non-hydrogen) atoms. The van der Waals surface area contributed by atoms with Gasteiger partial charge in [-0.05, 0) is 55.9 Å². The van der Waals surface area contributed by atoms with Gasteiger partial charge in [0.05, 0.1) is 6.42 Å². The van der Waals surface area contributed by atoms with Crippen molar-refractivity contribution in [3.8, 4) is 0 Å². The first-order chi connectivity index (χ1) is 17.1. The molecular weight excluding hydrogens is 460 g/mol. The van der Waals surface area contributed by atoms with E-state index < -0.39 is 0 Å². The maximum absolute atomic E-state index is 12.9. The van der Waals surface area contributed by atoms with E-state index in [2.05, 4.69) is 25.0 Å². The lowest BCUT2D eigenvalue weighted by molar-refractivity contribution is -0.132. The van der Waals surface area contributed by atoms with Crippen LogP contribution in [0.15, 0.2) is 36.5 Å². The molecule has 1 aromatic carbocycles. The van der Waals surface area contributed by atoms with Gasteiger partial charge in [-0.25, -0.2) is 4.98 Å². The maximum atomic E-state index is 12.9. The Morgan fingerprint density at radius 2 is 1.74 bits per heavy atom. The Morgan fingerprint density at radius 1 is 0.943 bits per heavy atom. The monoisotopic (exact) mass is 496 g/mol. The summed E-state index contributed by atoms with van der Waals surface area (Å²) in [6.45, 7) is 5.87. The van der Waals surface area contributed by atoms with Crippen molar-refractivity contribution in [3.63, 3.8) is 0 Å². The molecule has 1 amide bonds. The van der Waals surface area contributed by atoms with E-state index in [1.54, 1.807) is 0 Å². The number of likely N-dealkylation sites (tertiary alicyclic amines) is 2. The van der Waals surface area contributed by atoms with E-state index in [4.69, 9.17) is 16.6 Å². The zero-order valence-electron chi connectivity index (χ0n) is 20.5. The second-order valence-corrected chi connectivity index (χ2v) is 10.6. The van der Waals surface area contributed by atoms with Gasteiger partial charge >= 0.3 is 0 Å². The molecule has 3 aliphatic heterocycles. The molecule has 3 aliphatic rings. The van der Waals surface area contributed by atoms with Gasteiger partial charge in [0.1, 0.15) is 5.82 Å². The predicted molar refractivity (Wildman–Crippen MR) is 141 cm³/mol. The van der Waals surface area contributed by atoms with E-state index in [0.717, 1.165) is 75.9 Å². The molecule has 7 nitrogen and oxygen atoms in total. The highest BCUT2D eigenvalue weighted by molar-refractivity contribution is 6.30. The Labute approximate surface area is 213 Å². The number of rotatable bonds is 6. The molecule has 0 saturated carbocycles. The summed E-state index contributed by atoms with van der Waals surface area (Å²) in [5.41, 5.74) is 1.02. The van der Waals surface area contributed by atoms with Crippen LogP contribution < -0.4 is 10.2 Å². The highest BCUT2D eigenvalue weighted by atomic mass is 35.5. The molecule has 3 fully saturated rings. The smallest absolute Gasteiger partial charge is 0.227 e. The number of hydrogen-bond acceptors (Lipinski definition) is 6. The van der Waals surface area contributed by atoms with Gasteiger partial charge in [-0.3, -0.25) is 9.69 Å². The lowest BCUT2D eigenvalue weighted by Gasteiger charge is -2.37. The van der Waals surface area contributed by atoms with Gasteiger partial charge in [0.15, 0.2) is 0 Å². The fraction of sp³-hybridized carbons (Fsp3) is 0.593. The number of carbonyl (C=O) groups excluding carboxylic acids is 1. The van der Waals surface area contributed by atoms with Crippen LogP contribution in [-0.2, 0) is 11.2 Å². The third-order valence-electron chi connectivity index (χ3n) is 7.66. The molecule has 8 heteroatoms. The van der Waals surface area contributed by atoms with Gasteiger partial charge in [-0.2, -0.15) is 4.98 Å². The van der Waals surface area contributed by atoms with E-state index in [0.29, 0.717) is 23.5 Å². The van der Waals surface area contributed by atoms with Crippen LogP contribution in [0.1, 0.15) is 50.5 Å². The Bertz CT molecular complexity index is 978. The summed E-state index contributed by atoms with van der Waals surface area (Å²) in [6, 6.07) is 10.4. The topological polar surface area (TPSA) is 64.6 Å². The average Bonchev–Trinajstić information content (AvgIpc) is 3.17. The third kappa shape index (κ3) is 6.44. The molecule has 2 aromatic rings. The number of benzene rings is 1. The fourth-order valence-corrected chi connectivity index (χ4v) is 5.81. The predicted octanol–water partition coefficient (Wildman–Crippen LogP) is 4.23. The van der Waals surface area contributed by atoms with Crippen molar-refractivity contribution in [2.45, 2.75) is 63.5 Å². The van der Waals surface area contributed by atoms with Crippen LogP contribution in [0.25, 0.3) is 0 Å². The average molecular weight is 497 g/mol. The van der Waals surface area contributed by atoms with Crippen molar-refractivity contribution < 1.29 is 4.79 Å². The fourth-order valence-electron chi connectivity index (χ4n) is 5.68. The van der Waals surface area contributed by atoms with Crippen LogP contribution >= 0.6 is 11.6 Å². The van der Waals surface area contributed by atoms with E-state index >= 15 is 0 Å². The van der Waals surface area contributed by atoms with E-state index in [9.17, 15) is 4.79 Å². The first-order valence-electron chi connectivity index (χ1n) is 13.2. The lowest BCUT2D eigenvalue weighted by atomic mass is 10.0. The summed E-state index contributed by atoms with van der Waals surface area (Å²) in [7, 11) is 0. The van der Waals surface area contributed by atoms with Gasteiger partial charge in [0, 0.05) is 62.6 Å². The molecule has 4 heterocycles. The zero-order valence-corrected chi connectivity index (χ0v) is 21.3. The molecule has 0 bridgehead atoms. The summed E-state index contributed by atoms with van der Waals surface area (Å²) in [5.74, 6) is 1.99. The normalized spacial score (nSPS) is 23.8. The molecule has 3 saturated heterocycles. The number of halogens is 1. The van der Waals surface area contributed by atoms with Crippen molar-refractivity contribution in [3.05, 3.63) is 47.1 Å². The zero-order chi connectivity index (χ0) is 24.0. The van der Waals surface area contributed by atoms with E-state index in [1.807, 2.05) is 36.5 Å². The van der Waals surface area contributed by atoms with Gasteiger partial charge in [0.2, 0.25) is 11.9 Å². The molecule has 2 atom stereocenters. The Hall–Kier alpha value is -2.38. The minimum absolute atomic E-state index is 0.213. The van der Waals surface area contributed by atoms with Crippen molar-refractivity contribution in [2.24, 2.45) is 0 Å². The van der Waals surface area contributed by atoms with Crippen molar-refractivity contribution in [1.82, 2.24) is 19.8 Å². The molecule has 0 radical (unpaired) electrons. The van der Waals surface area contributed by atoms with Gasteiger partial charge in [-0.15, -0.1) is 0 Å². The van der Waals surface area contributed by atoms with Crippen LogP contribution in [0, 0.1) is 0 Å². The summed E-state index contributed by atoms with van der Waals surface area (Å²) in [4.78, 5) is 29.3. The number of piperidine rings is 1. The van der Waals surface area contributed by atoms with Gasteiger partial charge in [0.25, 0.3) is 0 Å². The number of carbonyl (C=O) groups is 1. The summed E-state index contributed by atoms with van der Waals surface area (Å²) < 4.78 is 0. The Kier molecular flexibility index (Phi) is 8.04. The molecule has 5 rings (SSSR count). The first kappa shape index (κ1) is 24.3. The minimum Gasteiger partial charge on any atom is -0.356 e. The van der Waals surface area contributed by atoms with E-state index in [1.165, 1.54) is 25.7 Å². The van der Waals surface area contributed by atoms with Gasteiger partial charge in [-0.1, -0.05) is 36.6 Å². The number of nitrogens with zero attached hydrogens (tertiary/aromatic N) is 5. The Balaban J connectivity index is 1.13. The lowest BCUT2D eigenvalue weighted by Crippen LogP contribution is -2.49. The largest absolute Gasteiger partial charge is 0.356 e. The van der Waals surface area contributed by atoms with Crippen LogP contribution in [0.2, 0.25) is 5.02 Å². The third-order valence-corrected chi connectivity index (χ3v) is 7.91. The second-order valence-electron chi connectivity index (χ2n) is 10.2. The quantitative estimate of drug-likeness (QED) is 0.645. The summed E-state index contributed by atoms with van der Waals surface area (Å²) >= 11 is 5.98. The summed E-state index contributed by atoms with van der Waals surface area (Å²) in [6.07, 6.45) is 10.7. The van der Waals surface area contributed by atoms with Gasteiger partial charge < -0.3 is 15.1 Å². The van der Waals surface area contributed by atoms with Crippen LogP contribution in [0.5, 0.6) is 0 Å². The van der Waals surface area contributed by atoms with Crippen LogP contribution in [0.3, 0.4) is 0 Å². The summed E-state index contributed by atoms with van der Waals surface area (Å²) in [5, 5.41) is 4.30. The molecule has 188 valence electrons.